The summed E-state index contributed by atoms with van der Waals surface area (Å²) in [5.74, 6) is -0.904. The van der Waals surface area contributed by atoms with E-state index in [0.29, 0.717) is 0 Å². The van der Waals surface area contributed by atoms with Gasteiger partial charge in [-0.05, 0) is 36.0 Å². The number of amides is 2. The van der Waals surface area contributed by atoms with E-state index in [1.165, 1.54) is 4.90 Å². The normalized spacial score (nSPS) is 17.4. The lowest BCUT2D eigenvalue weighted by atomic mass is 10.1. The predicted molar refractivity (Wildman–Crippen MR) is 84.8 cm³/mol. The Bertz CT molecular complexity index is 640. The zero-order valence-electron chi connectivity index (χ0n) is 10.4. The molecular formula is C14H11BrN2O2S. The molecule has 1 N–H and O–H groups in total. The van der Waals surface area contributed by atoms with Gasteiger partial charge in [-0.3, -0.25) is 19.8 Å². The Balaban J connectivity index is 2.38. The molecule has 1 aromatic carbocycles. The molecule has 0 unspecified atom stereocenters. The van der Waals surface area contributed by atoms with Gasteiger partial charge in [0.1, 0.15) is 5.57 Å². The van der Waals surface area contributed by atoms with Gasteiger partial charge in [-0.25, -0.2) is 0 Å². The highest BCUT2D eigenvalue weighted by molar-refractivity contribution is 9.10. The van der Waals surface area contributed by atoms with Crippen LogP contribution in [-0.4, -0.2) is 28.4 Å². The van der Waals surface area contributed by atoms with Gasteiger partial charge in [-0.15, -0.1) is 6.58 Å². The molecule has 2 rings (SSSR count). The van der Waals surface area contributed by atoms with Gasteiger partial charge in [0.25, 0.3) is 11.8 Å². The number of nitrogens with one attached hydrogen (secondary N) is 1. The summed E-state index contributed by atoms with van der Waals surface area (Å²) >= 11 is 8.32. The van der Waals surface area contributed by atoms with Gasteiger partial charge < -0.3 is 0 Å². The van der Waals surface area contributed by atoms with Crippen molar-refractivity contribution in [2.24, 2.45) is 0 Å². The van der Waals surface area contributed by atoms with E-state index >= 15 is 0 Å². The highest BCUT2D eigenvalue weighted by atomic mass is 79.9. The first kappa shape index (κ1) is 14.6. The van der Waals surface area contributed by atoms with Crippen molar-refractivity contribution < 1.29 is 9.59 Å². The standard InChI is InChI=1S/C14H11BrN2O2S/c1-2-6-17-13(19)11(12(18)16-14(17)20)8-9-4-3-5-10(15)7-9/h2-5,7-8H,1,6H2,(H,16,18,20). The molecule has 4 nitrogen and oxygen atoms in total. The van der Waals surface area contributed by atoms with Gasteiger partial charge in [0, 0.05) is 11.0 Å². The summed E-state index contributed by atoms with van der Waals surface area (Å²) in [6.07, 6.45) is 3.10. The second-order valence-corrected chi connectivity index (χ2v) is 5.38. The number of hydrogen-bond donors (Lipinski definition) is 1. The van der Waals surface area contributed by atoms with Crippen molar-refractivity contribution >= 4 is 51.2 Å². The number of halogens is 1. The number of thiocarbonyl (C=S) groups is 1. The summed E-state index contributed by atoms with van der Waals surface area (Å²) < 4.78 is 0.869. The first-order valence-corrected chi connectivity index (χ1v) is 6.98. The summed E-state index contributed by atoms with van der Waals surface area (Å²) in [6, 6.07) is 7.32. The Morgan fingerprint density at radius 3 is 2.80 bits per heavy atom. The van der Waals surface area contributed by atoms with Crippen molar-refractivity contribution in [3.8, 4) is 0 Å². The first-order chi connectivity index (χ1) is 9.52. The molecule has 102 valence electrons. The minimum Gasteiger partial charge on any atom is -0.298 e. The van der Waals surface area contributed by atoms with Crippen LogP contribution in [0.2, 0.25) is 0 Å². The minimum absolute atomic E-state index is 0.0542. The molecule has 0 saturated carbocycles. The number of rotatable bonds is 3. The Hall–Kier alpha value is -1.79. The lowest BCUT2D eigenvalue weighted by Crippen LogP contribution is -2.53. The van der Waals surface area contributed by atoms with Crippen LogP contribution in [0.3, 0.4) is 0 Å². The molecule has 1 aliphatic rings. The number of hydrogen-bond acceptors (Lipinski definition) is 3. The Labute approximate surface area is 130 Å². The molecule has 0 atom stereocenters. The summed E-state index contributed by atoms with van der Waals surface area (Å²) in [5, 5.41) is 2.60. The molecule has 0 radical (unpaired) electrons. The zero-order chi connectivity index (χ0) is 14.7. The van der Waals surface area contributed by atoms with Gasteiger partial charge in [-0.2, -0.15) is 0 Å². The second-order valence-electron chi connectivity index (χ2n) is 4.08. The molecular weight excluding hydrogens is 340 g/mol. The number of nitrogens with zero attached hydrogens (tertiary/aromatic N) is 1. The highest BCUT2D eigenvalue weighted by Crippen LogP contribution is 2.17. The lowest BCUT2D eigenvalue weighted by molar-refractivity contribution is -0.128. The van der Waals surface area contributed by atoms with E-state index in [4.69, 9.17) is 12.2 Å². The van der Waals surface area contributed by atoms with E-state index in [0.717, 1.165) is 10.0 Å². The molecule has 1 heterocycles. The van der Waals surface area contributed by atoms with E-state index < -0.39 is 11.8 Å². The number of benzene rings is 1. The van der Waals surface area contributed by atoms with Crippen LogP contribution in [-0.2, 0) is 9.59 Å². The summed E-state index contributed by atoms with van der Waals surface area (Å²) in [5.41, 5.74) is 0.808. The number of carbonyl (C=O) groups excluding carboxylic acids is 2. The van der Waals surface area contributed by atoms with Crippen molar-refractivity contribution in [1.82, 2.24) is 10.2 Å². The SMILES string of the molecule is C=CCN1C(=O)C(=Cc2cccc(Br)c2)C(=O)NC1=S. The van der Waals surface area contributed by atoms with Gasteiger partial charge in [0.2, 0.25) is 0 Å². The van der Waals surface area contributed by atoms with Crippen LogP contribution in [0.4, 0.5) is 0 Å². The molecule has 2 amide bonds. The third-order valence-electron chi connectivity index (χ3n) is 2.66. The van der Waals surface area contributed by atoms with Gasteiger partial charge >= 0.3 is 0 Å². The van der Waals surface area contributed by atoms with Crippen LogP contribution in [0.1, 0.15) is 5.56 Å². The van der Waals surface area contributed by atoms with Crippen LogP contribution < -0.4 is 5.32 Å². The maximum absolute atomic E-state index is 12.3. The summed E-state index contributed by atoms with van der Waals surface area (Å²) in [6.45, 7) is 3.83. The van der Waals surface area contributed by atoms with Crippen molar-refractivity contribution in [2.45, 2.75) is 0 Å². The fraction of sp³-hybridized carbons (Fsp3) is 0.0714. The average Bonchev–Trinajstić information content (AvgIpc) is 2.39. The van der Waals surface area contributed by atoms with Crippen LogP contribution in [0, 0.1) is 0 Å². The van der Waals surface area contributed by atoms with Gasteiger partial charge in [0.05, 0.1) is 0 Å². The minimum atomic E-state index is -0.486. The zero-order valence-corrected chi connectivity index (χ0v) is 12.8. The monoisotopic (exact) mass is 350 g/mol. The largest absolute Gasteiger partial charge is 0.298 e. The molecule has 1 aliphatic heterocycles. The predicted octanol–water partition coefficient (Wildman–Crippen LogP) is 2.26. The molecule has 1 fully saturated rings. The van der Waals surface area contributed by atoms with Crippen LogP contribution in [0.25, 0.3) is 6.08 Å². The van der Waals surface area contributed by atoms with Crippen molar-refractivity contribution in [3.05, 3.63) is 52.5 Å². The van der Waals surface area contributed by atoms with Crippen molar-refractivity contribution in [3.63, 3.8) is 0 Å². The van der Waals surface area contributed by atoms with E-state index in [2.05, 4.69) is 27.8 Å². The van der Waals surface area contributed by atoms with Crippen LogP contribution >= 0.6 is 28.1 Å². The van der Waals surface area contributed by atoms with Gasteiger partial charge in [-0.1, -0.05) is 34.1 Å². The Morgan fingerprint density at radius 2 is 2.15 bits per heavy atom. The quantitative estimate of drug-likeness (QED) is 0.393. The Kier molecular flexibility index (Phi) is 4.46. The van der Waals surface area contributed by atoms with E-state index in [-0.39, 0.29) is 17.2 Å². The molecule has 0 spiro atoms. The maximum Gasteiger partial charge on any atom is 0.265 e. The second kappa shape index (κ2) is 6.11. The lowest BCUT2D eigenvalue weighted by Gasteiger charge is -2.27. The van der Waals surface area contributed by atoms with Crippen LogP contribution in [0.15, 0.2) is 47.0 Å². The van der Waals surface area contributed by atoms with E-state index in [9.17, 15) is 9.59 Å². The fourth-order valence-electron chi connectivity index (χ4n) is 1.75. The van der Waals surface area contributed by atoms with E-state index in [1.807, 2.05) is 24.3 Å². The fourth-order valence-corrected chi connectivity index (χ4v) is 2.42. The van der Waals surface area contributed by atoms with Crippen molar-refractivity contribution in [2.75, 3.05) is 6.54 Å². The molecule has 1 saturated heterocycles. The van der Waals surface area contributed by atoms with Crippen molar-refractivity contribution in [1.29, 1.82) is 0 Å². The smallest absolute Gasteiger partial charge is 0.265 e. The molecule has 0 aliphatic carbocycles. The molecule has 20 heavy (non-hydrogen) atoms. The van der Waals surface area contributed by atoms with E-state index in [1.54, 1.807) is 12.2 Å². The van der Waals surface area contributed by atoms with Gasteiger partial charge in [0.15, 0.2) is 5.11 Å². The van der Waals surface area contributed by atoms with Crippen LogP contribution in [0.5, 0.6) is 0 Å². The molecule has 1 aromatic rings. The third kappa shape index (κ3) is 3.02. The Morgan fingerprint density at radius 1 is 1.40 bits per heavy atom. The molecule has 6 heteroatoms. The molecule has 0 aromatic heterocycles. The topological polar surface area (TPSA) is 49.4 Å². The summed E-state index contributed by atoms with van der Waals surface area (Å²) in [7, 11) is 0. The maximum atomic E-state index is 12.3. The third-order valence-corrected chi connectivity index (χ3v) is 3.47. The highest BCUT2D eigenvalue weighted by Gasteiger charge is 2.32. The molecule has 0 bridgehead atoms. The average molecular weight is 351 g/mol. The summed E-state index contributed by atoms with van der Waals surface area (Å²) in [4.78, 5) is 25.5. The first-order valence-electron chi connectivity index (χ1n) is 5.78. The number of carbonyl (C=O) groups is 2.